The first-order valence-corrected chi connectivity index (χ1v) is 9.72. The Labute approximate surface area is 165 Å². The molecule has 0 aliphatic heterocycles. The van der Waals surface area contributed by atoms with Gasteiger partial charge in [0, 0.05) is 30.7 Å². The minimum absolute atomic E-state index is 0.212. The van der Waals surface area contributed by atoms with E-state index in [1.165, 1.54) is 0 Å². The Hall–Kier alpha value is -3.09. The molecule has 2 N–H and O–H groups in total. The highest BCUT2D eigenvalue weighted by atomic mass is 16.5. The molecule has 7 heteroatoms. The third kappa shape index (κ3) is 5.70. The Kier molecular flexibility index (Phi) is 6.84. The Balaban J connectivity index is 1.37. The fraction of sp³-hybridized carbons (Fsp3) is 0.381. The SMILES string of the molecule is CCCCOc1ccc(NC(=O)NCCCc2cnc3cc(C)nn3c2)cc1. The molecule has 2 aromatic heterocycles. The number of hydrogen-bond donors (Lipinski definition) is 2. The molecular weight excluding hydrogens is 354 g/mol. The maximum atomic E-state index is 12.0. The maximum Gasteiger partial charge on any atom is 0.319 e. The van der Waals surface area contributed by atoms with Crippen molar-refractivity contribution in [2.24, 2.45) is 0 Å². The van der Waals surface area contributed by atoms with Crippen molar-refractivity contribution in [1.29, 1.82) is 0 Å². The van der Waals surface area contributed by atoms with Crippen LogP contribution in [0.15, 0.2) is 42.7 Å². The molecule has 3 rings (SSSR count). The van der Waals surface area contributed by atoms with Gasteiger partial charge in [0.2, 0.25) is 0 Å². The van der Waals surface area contributed by atoms with Crippen LogP contribution in [-0.4, -0.2) is 33.8 Å². The van der Waals surface area contributed by atoms with Gasteiger partial charge < -0.3 is 15.4 Å². The van der Waals surface area contributed by atoms with Gasteiger partial charge in [0.05, 0.1) is 12.3 Å². The number of nitrogens with one attached hydrogen (secondary N) is 2. The van der Waals surface area contributed by atoms with E-state index >= 15 is 0 Å². The standard InChI is InChI=1S/C21H27N5O2/c1-3-4-12-28-19-9-7-18(8-10-19)24-21(27)22-11-5-6-17-14-23-20-13-16(2)25-26(20)15-17/h7-10,13-15H,3-6,11-12H2,1-2H3,(H2,22,24,27). The number of benzene rings is 1. The van der Waals surface area contributed by atoms with Gasteiger partial charge in [0.1, 0.15) is 5.75 Å². The molecule has 7 nitrogen and oxygen atoms in total. The summed E-state index contributed by atoms with van der Waals surface area (Å²) < 4.78 is 7.41. The molecule has 0 bridgehead atoms. The number of amides is 2. The van der Waals surface area contributed by atoms with E-state index < -0.39 is 0 Å². The van der Waals surface area contributed by atoms with E-state index in [0.29, 0.717) is 13.2 Å². The molecule has 0 aliphatic rings. The minimum atomic E-state index is -0.212. The van der Waals surface area contributed by atoms with Crippen LogP contribution in [-0.2, 0) is 6.42 Å². The highest BCUT2D eigenvalue weighted by molar-refractivity contribution is 5.89. The van der Waals surface area contributed by atoms with E-state index in [9.17, 15) is 4.79 Å². The van der Waals surface area contributed by atoms with Gasteiger partial charge in [-0.15, -0.1) is 0 Å². The van der Waals surface area contributed by atoms with Crippen molar-refractivity contribution in [3.63, 3.8) is 0 Å². The molecule has 0 atom stereocenters. The average Bonchev–Trinajstić information content (AvgIpc) is 3.06. The number of ether oxygens (including phenoxy) is 1. The number of rotatable bonds is 9. The summed E-state index contributed by atoms with van der Waals surface area (Å²) in [5.41, 5.74) is 3.63. The Bertz CT molecular complexity index is 905. The highest BCUT2D eigenvalue weighted by Gasteiger charge is 2.04. The topological polar surface area (TPSA) is 80.5 Å². The van der Waals surface area contributed by atoms with Gasteiger partial charge in [-0.3, -0.25) is 0 Å². The number of carbonyl (C=O) groups excluding carboxylic acids is 1. The normalized spacial score (nSPS) is 10.8. The Morgan fingerprint density at radius 2 is 2.04 bits per heavy atom. The molecule has 2 amide bonds. The van der Waals surface area contributed by atoms with E-state index in [-0.39, 0.29) is 6.03 Å². The molecule has 0 radical (unpaired) electrons. The lowest BCUT2D eigenvalue weighted by molar-refractivity contribution is 0.252. The van der Waals surface area contributed by atoms with Gasteiger partial charge in [0.15, 0.2) is 5.65 Å². The lowest BCUT2D eigenvalue weighted by Crippen LogP contribution is -2.29. The molecule has 0 saturated carbocycles. The summed E-state index contributed by atoms with van der Waals surface area (Å²) in [5.74, 6) is 0.817. The lowest BCUT2D eigenvalue weighted by atomic mass is 10.2. The van der Waals surface area contributed by atoms with E-state index in [1.807, 2.05) is 49.6 Å². The summed E-state index contributed by atoms with van der Waals surface area (Å²) in [6, 6.07) is 9.15. The van der Waals surface area contributed by atoms with Gasteiger partial charge in [-0.25, -0.2) is 14.3 Å². The predicted octanol–water partition coefficient (Wildman–Crippen LogP) is 3.97. The molecule has 0 fully saturated rings. The largest absolute Gasteiger partial charge is 0.494 e. The molecule has 0 aliphatic carbocycles. The van der Waals surface area contributed by atoms with Gasteiger partial charge in [0.25, 0.3) is 0 Å². The van der Waals surface area contributed by atoms with Crippen LogP contribution in [0.1, 0.15) is 37.4 Å². The molecule has 2 heterocycles. The zero-order valence-electron chi connectivity index (χ0n) is 16.4. The second-order valence-corrected chi connectivity index (χ2v) is 6.76. The number of nitrogens with zero attached hydrogens (tertiary/aromatic N) is 3. The summed E-state index contributed by atoms with van der Waals surface area (Å²) in [6.45, 7) is 5.38. The quantitative estimate of drug-likeness (QED) is 0.550. The number of carbonyl (C=O) groups is 1. The van der Waals surface area contributed by atoms with Crippen LogP contribution in [0.2, 0.25) is 0 Å². The third-order valence-corrected chi connectivity index (χ3v) is 4.30. The van der Waals surface area contributed by atoms with Crippen LogP contribution < -0.4 is 15.4 Å². The molecule has 28 heavy (non-hydrogen) atoms. The summed E-state index contributed by atoms with van der Waals surface area (Å²) >= 11 is 0. The third-order valence-electron chi connectivity index (χ3n) is 4.30. The second kappa shape index (κ2) is 9.73. The fourth-order valence-corrected chi connectivity index (χ4v) is 2.80. The van der Waals surface area contributed by atoms with Crippen molar-refractivity contribution >= 4 is 17.4 Å². The predicted molar refractivity (Wildman–Crippen MR) is 110 cm³/mol. The molecule has 0 saturated heterocycles. The van der Waals surface area contributed by atoms with Crippen molar-refractivity contribution < 1.29 is 9.53 Å². The van der Waals surface area contributed by atoms with Crippen LogP contribution in [0.3, 0.4) is 0 Å². The van der Waals surface area contributed by atoms with Crippen LogP contribution in [0.5, 0.6) is 5.75 Å². The summed E-state index contributed by atoms with van der Waals surface area (Å²) in [4.78, 5) is 16.4. The van der Waals surface area contributed by atoms with E-state index in [2.05, 4.69) is 27.6 Å². The summed E-state index contributed by atoms with van der Waals surface area (Å²) in [7, 11) is 0. The van der Waals surface area contributed by atoms with Gasteiger partial charge in [-0.05, 0) is 56.0 Å². The van der Waals surface area contributed by atoms with Crippen molar-refractivity contribution in [3.8, 4) is 5.75 Å². The average molecular weight is 381 g/mol. The van der Waals surface area contributed by atoms with Crippen molar-refractivity contribution in [1.82, 2.24) is 19.9 Å². The zero-order valence-corrected chi connectivity index (χ0v) is 16.4. The van der Waals surface area contributed by atoms with Gasteiger partial charge >= 0.3 is 6.03 Å². The van der Waals surface area contributed by atoms with Crippen molar-refractivity contribution in [2.45, 2.75) is 39.5 Å². The smallest absolute Gasteiger partial charge is 0.319 e. The monoisotopic (exact) mass is 381 g/mol. The number of anilines is 1. The molecule has 148 valence electrons. The highest BCUT2D eigenvalue weighted by Crippen LogP contribution is 2.16. The first kappa shape index (κ1) is 19.7. The van der Waals surface area contributed by atoms with Crippen molar-refractivity contribution in [2.75, 3.05) is 18.5 Å². The first-order valence-electron chi connectivity index (χ1n) is 9.72. The number of aromatic nitrogens is 3. The Morgan fingerprint density at radius 1 is 1.21 bits per heavy atom. The van der Waals surface area contributed by atoms with Crippen LogP contribution in [0, 0.1) is 6.92 Å². The lowest BCUT2D eigenvalue weighted by Gasteiger charge is -2.09. The number of hydrogen-bond acceptors (Lipinski definition) is 4. The van der Waals surface area contributed by atoms with Crippen LogP contribution >= 0.6 is 0 Å². The van der Waals surface area contributed by atoms with E-state index in [4.69, 9.17) is 4.74 Å². The van der Waals surface area contributed by atoms with Crippen molar-refractivity contribution in [3.05, 3.63) is 54.0 Å². The number of unbranched alkanes of at least 4 members (excludes halogenated alkanes) is 1. The molecule has 1 aromatic carbocycles. The van der Waals surface area contributed by atoms with Gasteiger partial charge in [-0.2, -0.15) is 5.10 Å². The van der Waals surface area contributed by atoms with E-state index in [0.717, 1.165) is 54.0 Å². The first-order chi connectivity index (χ1) is 13.6. The molecule has 3 aromatic rings. The Morgan fingerprint density at radius 3 is 2.82 bits per heavy atom. The number of urea groups is 1. The molecule has 0 unspecified atom stereocenters. The number of aryl methyl sites for hydroxylation is 2. The van der Waals surface area contributed by atoms with Crippen LogP contribution in [0.4, 0.5) is 10.5 Å². The minimum Gasteiger partial charge on any atom is -0.494 e. The summed E-state index contributed by atoms with van der Waals surface area (Å²) in [6.07, 6.45) is 7.64. The number of fused-ring (bicyclic) bond motifs is 1. The van der Waals surface area contributed by atoms with Gasteiger partial charge in [-0.1, -0.05) is 13.3 Å². The molecule has 0 spiro atoms. The molecular formula is C21H27N5O2. The summed E-state index contributed by atoms with van der Waals surface area (Å²) in [5, 5.41) is 10.1. The maximum absolute atomic E-state index is 12.0. The van der Waals surface area contributed by atoms with Crippen LogP contribution in [0.25, 0.3) is 5.65 Å². The van der Waals surface area contributed by atoms with E-state index in [1.54, 1.807) is 4.52 Å². The second-order valence-electron chi connectivity index (χ2n) is 6.76. The fourth-order valence-electron chi connectivity index (χ4n) is 2.80. The zero-order chi connectivity index (χ0) is 19.8.